The maximum absolute atomic E-state index is 12.0. The molecule has 112 valence electrons. The Morgan fingerprint density at radius 2 is 2.32 bits per heavy atom. The number of carbonyl (C=O) groups excluding carboxylic acids is 1. The van der Waals surface area contributed by atoms with Crippen molar-refractivity contribution in [3.63, 3.8) is 0 Å². The molecule has 1 saturated heterocycles. The van der Waals surface area contributed by atoms with Gasteiger partial charge in [0.1, 0.15) is 17.6 Å². The molecule has 7 nitrogen and oxygen atoms in total. The van der Waals surface area contributed by atoms with Crippen LogP contribution < -0.4 is 10.2 Å². The maximum Gasteiger partial charge on any atom is 0.272 e. The van der Waals surface area contributed by atoms with Crippen molar-refractivity contribution in [1.29, 1.82) is 5.26 Å². The molecule has 0 bridgehead atoms. The number of hydrogen-bond acceptors (Lipinski definition) is 5. The molecule has 0 atom stereocenters. The van der Waals surface area contributed by atoms with Crippen molar-refractivity contribution in [2.75, 3.05) is 18.0 Å². The zero-order valence-electron chi connectivity index (χ0n) is 11.8. The van der Waals surface area contributed by atoms with Crippen LogP contribution in [0, 0.1) is 11.3 Å². The van der Waals surface area contributed by atoms with Crippen molar-refractivity contribution in [2.24, 2.45) is 7.05 Å². The second kappa shape index (κ2) is 5.66. The van der Waals surface area contributed by atoms with Gasteiger partial charge in [0.05, 0.1) is 16.6 Å². The van der Waals surface area contributed by atoms with Crippen molar-refractivity contribution in [3.05, 3.63) is 40.8 Å². The van der Waals surface area contributed by atoms with Crippen LogP contribution in [-0.2, 0) is 7.05 Å². The molecule has 1 N–H and O–H groups in total. The molecule has 1 aliphatic heterocycles. The molecule has 0 aliphatic carbocycles. The highest BCUT2D eigenvalue weighted by molar-refractivity contribution is 6.33. The first-order valence-corrected chi connectivity index (χ1v) is 7.05. The highest BCUT2D eigenvalue weighted by atomic mass is 35.5. The number of nitrogens with zero attached hydrogens (tertiary/aromatic N) is 5. The van der Waals surface area contributed by atoms with E-state index in [9.17, 15) is 4.79 Å². The molecule has 0 unspecified atom stereocenters. The van der Waals surface area contributed by atoms with Crippen molar-refractivity contribution in [3.8, 4) is 6.07 Å². The monoisotopic (exact) mass is 316 g/mol. The van der Waals surface area contributed by atoms with E-state index in [1.54, 1.807) is 30.1 Å². The third kappa shape index (κ3) is 2.73. The average molecular weight is 317 g/mol. The number of carbonyl (C=O) groups is 1. The van der Waals surface area contributed by atoms with E-state index in [1.165, 1.54) is 6.20 Å². The van der Waals surface area contributed by atoms with Gasteiger partial charge >= 0.3 is 0 Å². The summed E-state index contributed by atoms with van der Waals surface area (Å²) >= 11 is 6.11. The van der Waals surface area contributed by atoms with Gasteiger partial charge in [-0.05, 0) is 12.1 Å². The van der Waals surface area contributed by atoms with Crippen LogP contribution in [0.5, 0.6) is 0 Å². The highest BCUT2D eigenvalue weighted by Crippen LogP contribution is 2.27. The van der Waals surface area contributed by atoms with E-state index in [0.717, 1.165) is 0 Å². The zero-order chi connectivity index (χ0) is 15.7. The summed E-state index contributed by atoms with van der Waals surface area (Å²) in [7, 11) is 1.76. The quantitative estimate of drug-likeness (QED) is 0.911. The van der Waals surface area contributed by atoms with Gasteiger partial charge in [0, 0.05) is 32.5 Å². The van der Waals surface area contributed by atoms with Gasteiger partial charge in [0.2, 0.25) is 0 Å². The average Bonchev–Trinajstić information content (AvgIpc) is 2.89. The number of anilines is 1. The summed E-state index contributed by atoms with van der Waals surface area (Å²) in [5.41, 5.74) is 0.824. The second-order valence-electron chi connectivity index (χ2n) is 5.09. The maximum atomic E-state index is 12.0. The van der Waals surface area contributed by atoms with Crippen molar-refractivity contribution in [2.45, 2.75) is 6.04 Å². The molecule has 0 spiro atoms. The summed E-state index contributed by atoms with van der Waals surface area (Å²) in [5, 5.41) is 16.2. The number of pyridine rings is 1. The summed E-state index contributed by atoms with van der Waals surface area (Å²) < 4.78 is 1.59. The number of nitriles is 1. The molecule has 3 heterocycles. The van der Waals surface area contributed by atoms with Crippen LogP contribution in [0.2, 0.25) is 5.02 Å². The molecular weight excluding hydrogens is 304 g/mol. The predicted molar refractivity (Wildman–Crippen MR) is 80.6 cm³/mol. The van der Waals surface area contributed by atoms with Crippen LogP contribution in [0.1, 0.15) is 16.1 Å². The van der Waals surface area contributed by atoms with E-state index in [1.807, 2.05) is 11.0 Å². The Labute approximate surface area is 132 Å². The summed E-state index contributed by atoms with van der Waals surface area (Å²) in [6, 6.07) is 5.28. The number of aromatic nitrogens is 3. The lowest BCUT2D eigenvalue weighted by Crippen LogP contribution is -2.59. The van der Waals surface area contributed by atoms with Crippen LogP contribution in [0.4, 0.5) is 5.82 Å². The van der Waals surface area contributed by atoms with Gasteiger partial charge in [-0.15, -0.1) is 0 Å². The Kier molecular flexibility index (Phi) is 3.69. The van der Waals surface area contributed by atoms with Gasteiger partial charge in [-0.25, -0.2) is 4.98 Å². The topological polar surface area (TPSA) is 86.8 Å². The first kappa shape index (κ1) is 14.4. The minimum absolute atomic E-state index is 0.0306. The minimum atomic E-state index is -0.191. The molecule has 22 heavy (non-hydrogen) atoms. The molecule has 2 aromatic rings. The number of rotatable bonds is 3. The van der Waals surface area contributed by atoms with Gasteiger partial charge in [-0.2, -0.15) is 10.4 Å². The zero-order valence-corrected chi connectivity index (χ0v) is 12.6. The standard InChI is InChI=1S/C14H13ClN6O/c1-20-3-2-12(19-20)14(22)18-10-7-21(8-10)13-11(15)4-9(5-16)6-17-13/h2-4,6,10H,7-8H2,1H3,(H,18,22). The van der Waals surface area contributed by atoms with Crippen molar-refractivity contribution >= 4 is 23.3 Å². The number of halogens is 1. The summed E-state index contributed by atoms with van der Waals surface area (Å²) in [6.45, 7) is 1.24. The number of aryl methyl sites for hydroxylation is 1. The normalized spacial score (nSPS) is 14.3. The molecule has 1 aliphatic rings. The van der Waals surface area contributed by atoms with Gasteiger partial charge in [0.25, 0.3) is 5.91 Å². The van der Waals surface area contributed by atoms with E-state index < -0.39 is 0 Å². The van der Waals surface area contributed by atoms with Gasteiger partial charge < -0.3 is 10.2 Å². The molecular formula is C14H13ClN6O. The van der Waals surface area contributed by atoms with Crippen LogP contribution in [0.25, 0.3) is 0 Å². The van der Waals surface area contributed by atoms with Gasteiger partial charge in [-0.1, -0.05) is 11.6 Å². The van der Waals surface area contributed by atoms with Crippen molar-refractivity contribution in [1.82, 2.24) is 20.1 Å². The highest BCUT2D eigenvalue weighted by Gasteiger charge is 2.31. The fourth-order valence-electron chi connectivity index (χ4n) is 2.26. The van der Waals surface area contributed by atoms with Crippen LogP contribution in [0.3, 0.4) is 0 Å². The van der Waals surface area contributed by atoms with E-state index in [4.69, 9.17) is 16.9 Å². The van der Waals surface area contributed by atoms with E-state index in [2.05, 4.69) is 15.4 Å². The second-order valence-corrected chi connectivity index (χ2v) is 5.50. The third-order valence-electron chi connectivity index (χ3n) is 3.41. The Bertz CT molecular complexity index is 759. The first-order valence-electron chi connectivity index (χ1n) is 6.68. The lowest BCUT2D eigenvalue weighted by molar-refractivity contribution is 0.0924. The Balaban J connectivity index is 1.58. The fourth-order valence-corrected chi connectivity index (χ4v) is 2.55. The fraction of sp³-hybridized carbons (Fsp3) is 0.286. The van der Waals surface area contributed by atoms with E-state index in [-0.39, 0.29) is 11.9 Å². The third-order valence-corrected chi connectivity index (χ3v) is 3.69. The van der Waals surface area contributed by atoms with E-state index >= 15 is 0 Å². The molecule has 1 amide bonds. The van der Waals surface area contributed by atoms with Gasteiger partial charge in [-0.3, -0.25) is 9.48 Å². The molecule has 8 heteroatoms. The molecule has 3 rings (SSSR count). The van der Waals surface area contributed by atoms with Crippen molar-refractivity contribution < 1.29 is 4.79 Å². The predicted octanol–water partition coefficient (Wildman–Crippen LogP) is 0.959. The molecule has 0 radical (unpaired) electrons. The smallest absolute Gasteiger partial charge is 0.272 e. The van der Waals surface area contributed by atoms with Crippen LogP contribution >= 0.6 is 11.6 Å². The lowest BCUT2D eigenvalue weighted by atomic mass is 10.1. The molecule has 0 saturated carbocycles. The summed E-state index contributed by atoms with van der Waals surface area (Å²) in [5.74, 6) is 0.438. The van der Waals surface area contributed by atoms with Crippen LogP contribution in [-0.4, -0.2) is 39.8 Å². The van der Waals surface area contributed by atoms with Gasteiger partial charge in [0.15, 0.2) is 0 Å². The minimum Gasteiger partial charge on any atom is -0.351 e. The Morgan fingerprint density at radius 3 is 2.91 bits per heavy atom. The van der Waals surface area contributed by atoms with E-state index in [0.29, 0.717) is 35.2 Å². The number of amides is 1. The summed E-state index contributed by atoms with van der Waals surface area (Å²) in [6.07, 6.45) is 3.21. The Hall–Kier alpha value is -2.59. The Morgan fingerprint density at radius 1 is 1.55 bits per heavy atom. The number of hydrogen-bond donors (Lipinski definition) is 1. The SMILES string of the molecule is Cn1ccc(C(=O)NC2CN(c3ncc(C#N)cc3Cl)C2)n1. The lowest BCUT2D eigenvalue weighted by Gasteiger charge is -2.40. The molecule has 2 aromatic heterocycles. The molecule has 1 fully saturated rings. The molecule has 0 aromatic carbocycles. The number of nitrogens with one attached hydrogen (secondary N) is 1. The largest absolute Gasteiger partial charge is 0.351 e. The first-order chi connectivity index (χ1) is 10.6. The summed E-state index contributed by atoms with van der Waals surface area (Å²) in [4.78, 5) is 18.1. The van der Waals surface area contributed by atoms with Crippen LogP contribution in [0.15, 0.2) is 24.5 Å².